The molecule has 0 aliphatic rings. The van der Waals surface area contributed by atoms with Gasteiger partial charge in [0.25, 0.3) is 0 Å². The van der Waals surface area contributed by atoms with Gasteiger partial charge in [0.1, 0.15) is 0 Å². The molecule has 18 heavy (non-hydrogen) atoms. The van der Waals surface area contributed by atoms with Crippen molar-refractivity contribution in [2.24, 2.45) is 0 Å². The van der Waals surface area contributed by atoms with E-state index in [1.807, 2.05) is 31.2 Å². The number of amides is 1. The summed E-state index contributed by atoms with van der Waals surface area (Å²) in [7, 11) is 0. The number of hydrogen-bond acceptors (Lipinski definition) is 5. The third-order valence-corrected chi connectivity index (χ3v) is 2.39. The van der Waals surface area contributed by atoms with Crippen molar-refractivity contribution in [3.63, 3.8) is 0 Å². The van der Waals surface area contributed by atoms with Gasteiger partial charge in [0, 0.05) is 6.54 Å². The summed E-state index contributed by atoms with van der Waals surface area (Å²) in [6, 6.07) is 7.43. The summed E-state index contributed by atoms with van der Waals surface area (Å²) in [6.07, 6.45) is 0. The van der Waals surface area contributed by atoms with Crippen molar-refractivity contribution in [1.82, 2.24) is 15.3 Å². The molecule has 1 aromatic carbocycles. The molecule has 1 heterocycles. The third kappa shape index (κ3) is 2.65. The first kappa shape index (κ1) is 12.1. The lowest BCUT2D eigenvalue weighted by Crippen LogP contribution is -2.29. The maximum atomic E-state index is 11.3. The highest BCUT2D eigenvalue weighted by Crippen LogP contribution is 2.17. The molecule has 0 aliphatic heterocycles. The summed E-state index contributed by atoms with van der Waals surface area (Å²) in [4.78, 5) is 19.9. The van der Waals surface area contributed by atoms with E-state index in [0.29, 0.717) is 12.4 Å². The molecule has 2 rings (SSSR count). The van der Waals surface area contributed by atoms with Crippen molar-refractivity contribution in [3.8, 4) is 0 Å². The molecule has 0 saturated heterocycles. The number of nitrogens with two attached hydrogens (primary N) is 1. The van der Waals surface area contributed by atoms with Gasteiger partial charge < -0.3 is 16.4 Å². The Hall–Kier alpha value is -2.37. The molecule has 0 unspecified atom stereocenters. The second kappa shape index (κ2) is 5.31. The predicted molar refractivity (Wildman–Crippen MR) is 71.1 cm³/mol. The van der Waals surface area contributed by atoms with Crippen LogP contribution in [0.15, 0.2) is 24.3 Å². The number of carbonyl (C=O) groups is 1. The summed E-state index contributed by atoms with van der Waals surface area (Å²) in [6.45, 7) is 2.59. The number of nitrogen functional groups attached to an aromatic ring is 1. The molecule has 1 amide bonds. The maximum absolute atomic E-state index is 11.3. The molecule has 4 N–H and O–H groups in total. The van der Waals surface area contributed by atoms with E-state index >= 15 is 0 Å². The Bertz CT molecular complexity index is 569. The zero-order chi connectivity index (χ0) is 13.0. The normalized spacial score (nSPS) is 10.3. The molecule has 1 aromatic heterocycles. The van der Waals surface area contributed by atoms with Crippen LogP contribution in [0.2, 0.25) is 0 Å². The number of aromatic nitrogens is 2. The van der Waals surface area contributed by atoms with Gasteiger partial charge in [-0.2, -0.15) is 0 Å². The number of para-hydroxylation sites is 2. The van der Waals surface area contributed by atoms with Gasteiger partial charge in [0.05, 0.1) is 17.6 Å². The molecule has 2 aromatic rings. The molecule has 0 bridgehead atoms. The van der Waals surface area contributed by atoms with Gasteiger partial charge in [-0.3, -0.25) is 4.79 Å². The van der Waals surface area contributed by atoms with Gasteiger partial charge in [-0.05, 0) is 19.1 Å². The van der Waals surface area contributed by atoms with Crippen molar-refractivity contribution in [3.05, 3.63) is 24.3 Å². The lowest BCUT2D eigenvalue weighted by Gasteiger charge is -2.08. The maximum Gasteiger partial charge on any atom is 0.239 e. The second-order valence-electron chi connectivity index (χ2n) is 3.75. The summed E-state index contributed by atoms with van der Waals surface area (Å²) in [5.41, 5.74) is 7.25. The van der Waals surface area contributed by atoms with Crippen molar-refractivity contribution >= 4 is 28.6 Å². The van der Waals surface area contributed by atoms with Crippen LogP contribution >= 0.6 is 0 Å². The number of anilines is 2. The van der Waals surface area contributed by atoms with Crippen LogP contribution in [-0.2, 0) is 4.79 Å². The van der Waals surface area contributed by atoms with Gasteiger partial charge >= 0.3 is 0 Å². The van der Waals surface area contributed by atoms with Crippen LogP contribution in [0.4, 0.5) is 11.6 Å². The Kier molecular flexibility index (Phi) is 3.57. The fraction of sp³-hybridized carbons (Fsp3) is 0.250. The minimum Gasteiger partial charge on any atom is -0.381 e. The highest BCUT2D eigenvalue weighted by Gasteiger charge is 2.06. The molecule has 6 nitrogen and oxygen atoms in total. The summed E-state index contributed by atoms with van der Waals surface area (Å²) >= 11 is 0. The quantitative estimate of drug-likeness (QED) is 0.739. The number of likely N-dealkylation sites (N-methyl/N-ethyl adjacent to an activating group) is 1. The molecule has 0 atom stereocenters. The van der Waals surface area contributed by atoms with Crippen molar-refractivity contribution in [2.45, 2.75) is 6.92 Å². The third-order valence-electron chi connectivity index (χ3n) is 2.39. The Morgan fingerprint density at radius 3 is 2.61 bits per heavy atom. The minimum atomic E-state index is -0.105. The van der Waals surface area contributed by atoms with E-state index in [0.717, 1.165) is 11.0 Å². The van der Waals surface area contributed by atoms with Crippen molar-refractivity contribution < 1.29 is 4.79 Å². The fourth-order valence-electron chi connectivity index (χ4n) is 1.57. The number of carbonyl (C=O) groups excluding carboxylic acids is 1. The minimum absolute atomic E-state index is 0.105. The van der Waals surface area contributed by atoms with Crippen LogP contribution in [0.1, 0.15) is 6.92 Å². The summed E-state index contributed by atoms with van der Waals surface area (Å²) in [5.74, 6) is 0.616. The first-order chi connectivity index (χ1) is 8.70. The molecule has 0 fully saturated rings. The average Bonchev–Trinajstić information content (AvgIpc) is 2.36. The van der Waals surface area contributed by atoms with E-state index in [-0.39, 0.29) is 18.3 Å². The van der Waals surface area contributed by atoms with E-state index in [1.54, 1.807) is 0 Å². The average molecular weight is 245 g/mol. The van der Waals surface area contributed by atoms with Gasteiger partial charge in [0.15, 0.2) is 11.6 Å². The fourth-order valence-corrected chi connectivity index (χ4v) is 1.57. The van der Waals surface area contributed by atoms with E-state index < -0.39 is 0 Å². The Labute approximate surface area is 105 Å². The number of hydrogen-bond donors (Lipinski definition) is 3. The zero-order valence-electron chi connectivity index (χ0n) is 10.1. The van der Waals surface area contributed by atoms with E-state index in [2.05, 4.69) is 20.6 Å². The van der Waals surface area contributed by atoms with Gasteiger partial charge in [0.2, 0.25) is 5.91 Å². The van der Waals surface area contributed by atoms with Gasteiger partial charge in [-0.15, -0.1) is 0 Å². The second-order valence-corrected chi connectivity index (χ2v) is 3.75. The van der Waals surface area contributed by atoms with Crippen LogP contribution in [0.5, 0.6) is 0 Å². The number of rotatable bonds is 4. The van der Waals surface area contributed by atoms with Crippen molar-refractivity contribution in [2.75, 3.05) is 24.1 Å². The van der Waals surface area contributed by atoms with Crippen LogP contribution < -0.4 is 16.4 Å². The number of benzene rings is 1. The number of nitrogens with one attached hydrogen (secondary N) is 2. The molecule has 0 saturated carbocycles. The van der Waals surface area contributed by atoms with Gasteiger partial charge in [-0.25, -0.2) is 9.97 Å². The highest BCUT2D eigenvalue weighted by molar-refractivity contribution is 5.83. The SMILES string of the molecule is CCNC(=O)CNc1nc2ccccc2nc1N. The molecule has 0 spiro atoms. The van der Waals surface area contributed by atoms with Crippen molar-refractivity contribution in [1.29, 1.82) is 0 Å². The summed E-state index contributed by atoms with van der Waals surface area (Å²) < 4.78 is 0. The van der Waals surface area contributed by atoms with Gasteiger partial charge in [-0.1, -0.05) is 12.1 Å². The lowest BCUT2D eigenvalue weighted by atomic mass is 10.3. The molecule has 94 valence electrons. The lowest BCUT2D eigenvalue weighted by molar-refractivity contribution is -0.119. The molecule has 6 heteroatoms. The summed E-state index contributed by atoms with van der Waals surface area (Å²) in [5, 5.41) is 5.56. The Morgan fingerprint density at radius 2 is 1.94 bits per heavy atom. The predicted octanol–water partition coefficient (Wildman–Crippen LogP) is 0.760. The van der Waals surface area contributed by atoms with E-state index in [1.165, 1.54) is 0 Å². The first-order valence-electron chi connectivity index (χ1n) is 5.73. The highest BCUT2D eigenvalue weighted by atomic mass is 16.1. The molecular weight excluding hydrogens is 230 g/mol. The number of nitrogens with zero attached hydrogens (tertiary/aromatic N) is 2. The van der Waals surface area contributed by atoms with Crippen LogP contribution in [0, 0.1) is 0 Å². The Balaban J connectivity index is 2.17. The standard InChI is InChI=1S/C12H15N5O/c1-2-14-10(18)7-15-12-11(13)16-8-5-3-4-6-9(8)17-12/h3-6H,2,7H2,1H3,(H2,13,16)(H,14,18)(H,15,17). The van der Waals surface area contributed by atoms with E-state index in [4.69, 9.17) is 5.73 Å². The monoisotopic (exact) mass is 245 g/mol. The largest absolute Gasteiger partial charge is 0.381 e. The molecule has 0 radical (unpaired) electrons. The topological polar surface area (TPSA) is 92.9 Å². The molecule has 0 aliphatic carbocycles. The van der Waals surface area contributed by atoms with E-state index in [9.17, 15) is 4.79 Å². The first-order valence-corrected chi connectivity index (χ1v) is 5.73. The molecular formula is C12H15N5O. The smallest absolute Gasteiger partial charge is 0.239 e. The Morgan fingerprint density at radius 1 is 1.28 bits per heavy atom. The van der Waals surface area contributed by atoms with Crippen LogP contribution in [0.25, 0.3) is 11.0 Å². The zero-order valence-corrected chi connectivity index (χ0v) is 10.1. The van der Waals surface area contributed by atoms with Crippen LogP contribution in [0.3, 0.4) is 0 Å². The van der Waals surface area contributed by atoms with Crippen LogP contribution in [-0.4, -0.2) is 29.0 Å². The number of fused-ring (bicyclic) bond motifs is 1.